The Bertz CT molecular complexity index is 962. The highest BCUT2D eigenvalue weighted by atomic mass is 35.5. The minimum Gasteiger partial charge on any atom is -0.338 e. The Kier molecular flexibility index (Phi) is 5.50. The molecule has 2 amide bonds. The Hall–Kier alpha value is -2.57. The molecule has 0 unspecified atom stereocenters. The summed E-state index contributed by atoms with van der Waals surface area (Å²) >= 11 is 7.60. The van der Waals surface area contributed by atoms with Crippen LogP contribution in [0.4, 0.5) is 5.69 Å². The van der Waals surface area contributed by atoms with E-state index in [0.29, 0.717) is 31.0 Å². The van der Waals surface area contributed by atoms with Crippen LogP contribution in [0.3, 0.4) is 0 Å². The summed E-state index contributed by atoms with van der Waals surface area (Å²) in [5.74, 6) is -0.0685. The van der Waals surface area contributed by atoms with Crippen molar-refractivity contribution in [3.05, 3.63) is 70.1 Å². The van der Waals surface area contributed by atoms with E-state index < -0.39 is 0 Å². The first kappa shape index (κ1) is 18.8. The highest BCUT2D eigenvalue weighted by Gasteiger charge is 2.28. The third-order valence-electron chi connectivity index (χ3n) is 4.99. The molecule has 1 N–H and O–H groups in total. The predicted molar refractivity (Wildman–Crippen MR) is 112 cm³/mol. The van der Waals surface area contributed by atoms with Crippen molar-refractivity contribution in [1.82, 2.24) is 9.47 Å². The molecule has 28 heavy (non-hydrogen) atoms. The highest BCUT2D eigenvalue weighted by Crippen LogP contribution is 2.27. The molecule has 0 bridgehead atoms. The molecule has 1 saturated heterocycles. The van der Waals surface area contributed by atoms with E-state index in [2.05, 4.69) is 5.32 Å². The summed E-state index contributed by atoms with van der Waals surface area (Å²) in [6, 6.07) is 13.0. The number of anilines is 1. The number of carbonyl (C=O) groups is 2. The van der Waals surface area contributed by atoms with Gasteiger partial charge in [-0.2, -0.15) is 0 Å². The molecule has 3 aromatic rings. The number of carbonyl (C=O) groups excluding carboxylic acids is 2. The number of thiophene rings is 1. The second-order valence-corrected chi connectivity index (χ2v) is 8.17. The van der Waals surface area contributed by atoms with Crippen molar-refractivity contribution >= 4 is 40.4 Å². The lowest BCUT2D eigenvalue weighted by molar-refractivity contribution is -0.121. The first-order chi connectivity index (χ1) is 13.6. The molecule has 3 heterocycles. The molecule has 2 aromatic heterocycles. The maximum absolute atomic E-state index is 12.8. The average molecular weight is 414 g/mol. The molecule has 5 nitrogen and oxygen atoms in total. The van der Waals surface area contributed by atoms with Crippen LogP contribution in [0, 0.1) is 5.92 Å². The summed E-state index contributed by atoms with van der Waals surface area (Å²) < 4.78 is 1.92. The van der Waals surface area contributed by atoms with Crippen LogP contribution >= 0.6 is 22.9 Å². The zero-order valence-corrected chi connectivity index (χ0v) is 16.7. The molecule has 0 saturated carbocycles. The Labute approximate surface area is 172 Å². The third-order valence-corrected chi connectivity index (χ3v) is 6.08. The Morgan fingerprint density at radius 2 is 1.82 bits per heavy atom. The van der Waals surface area contributed by atoms with E-state index >= 15 is 0 Å². The van der Waals surface area contributed by atoms with Crippen molar-refractivity contribution in [2.45, 2.75) is 12.8 Å². The van der Waals surface area contributed by atoms with Gasteiger partial charge in [0, 0.05) is 36.4 Å². The van der Waals surface area contributed by atoms with Crippen molar-refractivity contribution in [1.29, 1.82) is 0 Å². The summed E-state index contributed by atoms with van der Waals surface area (Å²) in [5, 5.41) is 5.57. The van der Waals surface area contributed by atoms with Gasteiger partial charge in [-0.3, -0.25) is 9.59 Å². The van der Waals surface area contributed by atoms with Gasteiger partial charge < -0.3 is 14.8 Å². The van der Waals surface area contributed by atoms with Crippen LogP contribution in [0.2, 0.25) is 5.02 Å². The van der Waals surface area contributed by atoms with Gasteiger partial charge in [0.25, 0.3) is 5.91 Å². The molecule has 1 aromatic carbocycles. The first-order valence-corrected chi connectivity index (χ1v) is 10.4. The molecule has 0 aliphatic carbocycles. The summed E-state index contributed by atoms with van der Waals surface area (Å²) in [7, 11) is 0. The van der Waals surface area contributed by atoms with Gasteiger partial charge in [0.15, 0.2) is 0 Å². The number of nitrogens with one attached hydrogen (secondary N) is 1. The Morgan fingerprint density at radius 1 is 1.07 bits per heavy atom. The van der Waals surface area contributed by atoms with Gasteiger partial charge in [0.1, 0.15) is 0 Å². The quantitative estimate of drug-likeness (QED) is 0.675. The monoisotopic (exact) mass is 413 g/mol. The number of rotatable bonds is 4. The fourth-order valence-electron chi connectivity index (χ4n) is 3.45. The molecular formula is C21H20ClN3O2S. The standard InChI is InChI=1S/C21H20ClN3O2S/c22-16-5-6-17(18(14-16)24-9-1-2-10-24)23-20(26)15-7-11-25(12-8-15)21(27)19-4-3-13-28-19/h1-6,9-10,13-15H,7-8,11-12H2,(H,23,26). The van der Waals surface area contributed by atoms with E-state index in [0.717, 1.165) is 16.3 Å². The van der Waals surface area contributed by atoms with E-state index in [-0.39, 0.29) is 17.7 Å². The Balaban J connectivity index is 1.41. The van der Waals surface area contributed by atoms with Crippen LogP contribution < -0.4 is 5.32 Å². The predicted octanol–water partition coefficient (Wildman–Crippen LogP) is 4.68. The minimum absolute atomic E-state index is 0.0149. The van der Waals surface area contributed by atoms with E-state index in [1.54, 1.807) is 6.07 Å². The SMILES string of the molecule is O=C(Nc1ccc(Cl)cc1-n1cccc1)C1CCN(C(=O)c2cccs2)CC1. The number of likely N-dealkylation sites (tertiary alicyclic amines) is 1. The number of hydrogen-bond donors (Lipinski definition) is 1. The van der Waals surface area contributed by atoms with Gasteiger partial charge in [-0.25, -0.2) is 0 Å². The first-order valence-electron chi connectivity index (χ1n) is 9.18. The van der Waals surface area contributed by atoms with Crippen molar-refractivity contribution in [2.75, 3.05) is 18.4 Å². The van der Waals surface area contributed by atoms with Crippen molar-refractivity contribution < 1.29 is 9.59 Å². The molecule has 1 aliphatic heterocycles. The number of aromatic nitrogens is 1. The number of benzene rings is 1. The fraction of sp³-hybridized carbons (Fsp3) is 0.238. The molecule has 1 fully saturated rings. The number of hydrogen-bond acceptors (Lipinski definition) is 3. The topological polar surface area (TPSA) is 54.3 Å². The van der Waals surface area contributed by atoms with E-state index in [1.165, 1.54) is 11.3 Å². The lowest BCUT2D eigenvalue weighted by Crippen LogP contribution is -2.41. The van der Waals surface area contributed by atoms with Gasteiger partial charge in [-0.1, -0.05) is 17.7 Å². The average Bonchev–Trinajstić information content (AvgIpc) is 3.43. The van der Waals surface area contributed by atoms with Crippen LogP contribution in [-0.2, 0) is 4.79 Å². The maximum atomic E-state index is 12.8. The summed E-state index contributed by atoms with van der Waals surface area (Å²) in [6.07, 6.45) is 5.15. The molecule has 7 heteroatoms. The fourth-order valence-corrected chi connectivity index (χ4v) is 4.31. The van der Waals surface area contributed by atoms with Gasteiger partial charge >= 0.3 is 0 Å². The maximum Gasteiger partial charge on any atom is 0.263 e. The number of piperidine rings is 1. The van der Waals surface area contributed by atoms with Crippen LogP contribution in [0.15, 0.2) is 60.2 Å². The molecule has 0 radical (unpaired) electrons. The van der Waals surface area contributed by atoms with Gasteiger partial charge in [0.2, 0.25) is 5.91 Å². The van der Waals surface area contributed by atoms with Crippen molar-refractivity contribution in [3.8, 4) is 5.69 Å². The normalized spacial score (nSPS) is 14.8. The molecule has 4 rings (SSSR count). The molecular weight excluding hydrogens is 394 g/mol. The lowest BCUT2D eigenvalue weighted by atomic mass is 9.95. The number of amides is 2. The van der Waals surface area contributed by atoms with Crippen molar-refractivity contribution in [2.24, 2.45) is 5.92 Å². The molecule has 0 atom stereocenters. The van der Waals surface area contributed by atoms with Gasteiger partial charge in [0.05, 0.1) is 16.3 Å². The van der Waals surface area contributed by atoms with Crippen LogP contribution in [0.1, 0.15) is 22.5 Å². The lowest BCUT2D eigenvalue weighted by Gasteiger charge is -2.31. The van der Waals surface area contributed by atoms with Crippen LogP contribution in [0.5, 0.6) is 0 Å². The van der Waals surface area contributed by atoms with E-state index in [1.807, 2.05) is 63.6 Å². The van der Waals surface area contributed by atoms with E-state index in [9.17, 15) is 9.59 Å². The summed E-state index contributed by atoms with van der Waals surface area (Å²) in [5.41, 5.74) is 1.55. The smallest absolute Gasteiger partial charge is 0.263 e. The van der Waals surface area contributed by atoms with Gasteiger partial charge in [-0.05, 0) is 54.6 Å². The second kappa shape index (κ2) is 8.20. The summed E-state index contributed by atoms with van der Waals surface area (Å²) in [4.78, 5) is 27.9. The molecule has 0 spiro atoms. The molecule has 1 aliphatic rings. The highest BCUT2D eigenvalue weighted by molar-refractivity contribution is 7.12. The number of nitrogens with zero attached hydrogens (tertiary/aromatic N) is 2. The zero-order valence-electron chi connectivity index (χ0n) is 15.2. The number of halogens is 1. The largest absolute Gasteiger partial charge is 0.338 e. The molecule has 144 valence electrons. The summed E-state index contributed by atoms with van der Waals surface area (Å²) in [6.45, 7) is 1.19. The zero-order chi connectivity index (χ0) is 19.5. The van der Waals surface area contributed by atoms with Crippen molar-refractivity contribution in [3.63, 3.8) is 0 Å². The van der Waals surface area contributed by atoms with Crippen LogP contribution in [-0.4, -0.2) is 34.4 Å². The van der Waals surface area contributed by atoms with Gasteiger partial charge in [-0.15, -0.1) is 11.3 Å². The van der Waals surface area contributed by atoms with Crippen LogP contribution in [0.25, 0.3) is 5.69 Å². The minimum atomic E-state index is -0.111. The van der Waals surface area contributed by atoms with E-state index in [4.69, 9.17) is 11.6 Å². The Morgan fingerprint density at radius 3 is 2.50 bits per heavy atom. The second-order valence-electron chi connectivity index (χ2n) is 6.78. The third kappa shape index (κ3) is 3.98.